The molecule has 2 aromatic rings. The number of hydrogen-bond acceptors (Lipinski definition) is 0. The molecule has 0 fully saturated rings. The lowest BCUT2D eigenvalue weighted by molar-refractivity contribution is -0.527. The fourth-order valence-electron chi connectivity index (χ4n) is 3.14. The van der Waals surface area contributed by atoms with Crippen LogP contribution in [0.5, 0.6) is 0 Å². The molecule has 0 bridgehead atoms. The average Bonchev–Trinajstić information content (AvgIpc) is 2.83. The van der Waals surface area contributed by atoms with Gasteiger partial charge in [0.05, 0.1) is 0 Å². The maximum absolute atomic E-state index is 3.94. The number of allylic oxidation sites excluding steroid dienone is 1. The van der Waals surface area contributed by atoms with Gasteiger partial charge in [0.15, 0.2) is 6.04 Å². The molecule has 0 spiro atoms. The highest BCUT2D eigenvalue weighted by Gasteiger charge is 2.31. The molecule has 0 amide bonds. The van der Waals surface area contributed by atoms with Crippen molar-refractivity contribution in [2.24, 2.45) is 0 Å². The van der Waals surface area contributed by atoms with Gasteiger partial charge in [-0.1, -0.05) is 55.1 Å². The molecule has 1 heterocycles. The van der Waals surface area contributed by atoms with Crippen LogP contribution in [-0.4, -0.2) is 17.3 Å². The summed E-state index contributed by atoms with van der Waals surface area (Å²) >= 11 is 0. The monoisotopic (exact) mass is 274 g/mol. The highest BCUT2D eigenvalue weighted by atomic mass is 15.0. The molecule has 1 aliphatic heterocycles. The van der Waals surface area contributed by atoms with Gasteiger partial charge in [-0.15, -0.1) is 0 Å². The molecular formula is C20H20N+. The van der Waals surface area contributed by atoms with E-state index in [0.29, 0.717) is 0 Å². The molecular weight excluding hydrogens is 254 g/mol. The zero-order chi connectivity index (χ0) is 14.8. The lowest BCUT2D eigenvalue weighted by atomic mass is 9.99. The second-order valence-corrected chi connectivity index (χ2v) is 5.45. The standard InChI is InChI=1S/C20H20N/c1-4-16-10-8-9-13-18(16)19-14-15(2)20(21(19)3)17-11-6-5-7-12-17/h4-14,19H,1H2,2-3H3/q+1. The van der Waals surface area contributed by atoms with Crippen molar-refractivity contribution >= 4 is 11.8 Å². The summed E-state index contributed by atoms with van der Waals surface area (Å²) in [4.78, 5) is 0. The first-order chi connectivity index (χ1) is 10.2. The number of nitrogens with zero attached hydrogens (tertiary/aromatic N) is 1. The van der Waals surface area contributed by atoms with Gasteiger partial charge in [-0.05, 0) is 30.7 Å². The van der Waals surface area contributed by atoms with Crippen LogP contribution in [0.25, 0.3) is 6.08 Å². The third-order valence-corrected chi connectivity index (χ3v) is 4.13. The molecule has 0 saturated carbocycles. The van der Waals surface area contributed by atoms with E-state index < -0.39 is 0 Å². The van der Waals surface area contributed by atoms with Crippen molar-refractivity contribution in [3.05, 3.63) is 89.5 Å². The van der Waals surface area contributed by atoms with E-state index in [-0.39, 0.29) is 6.04 Å². The average molecular weight is 274 g/mol. The predicted molar refractivity (Wildman–Crippen MR) is 89.8 cm³/mol. The van der Waals surface area contributed by atoms with Crippen LogP contribution in [0.3, 0.4) is 0 Å². The van der Waals surface area contributed by atoms with Gasteiger partial charge in [0.1, 0.15) is 7.05 Å². The zero-order valence-electron chi connectivity index (χ0n) is 12.6. The molecule has 0 saturated heterocycles. The molecule has 0 N–H and O–H groups in total. The summed E-state index contributed by atoms with van der Waals surface area (Å²) in [5.74, 6) is 0. The Morgan fingerprint density at radius 1 is 1.00 bits per heavy atom. The van der Waals surface area contributed by atoms with E-state index in [9.17, 15) is 0 Å². The number of benzene rings is 2. The first kappa shape index (κ1) is 13.6. The van der Waals surface area contributed by atoms with Crippen LogP contribution >= 0.6 is 0 Å². The lowest BCUT2D eigenvalue weighted by Crippen LogP contribution is -2.17. The fourth-order valence-corrected chi connectivity index (χ4v) is 3.14. The van der Waals surface area contributed by atoms with Crippen LogP contribution in [0.15, 0.2) is 72.8 Å². The van der Waals surface area contributed by atoms with Crippen molar-refractivity contribution in [1.29, 1.82) is 0 Å². The van der Waals surface area contributed by atoms with Gasteiger partial charge in [0, 0.05) is 16.7 Å². The largest absolute Gasteiger partial charge is 0.221 e. The Morgan fingerprint density at radius 2 is 1.67 bits per heavy atom. The minimum Gasteiger partial charge on any atom is -0.221 e. The molecule has 1 unspecified atom stereocenters. The van der Waals surface area contributed by atoms with Gasteiger partial charge >= 0.3 is 0 Å². The van der Waals surface area contributed by atoms with Gasteiger partial charge in [0.2, 0.25) is 5.71 Å². The van der Waals surface area contributed by atoms with Gasteiger partial charge in [-0.25, -0.2) is 4.58 Å². The van der Waals surface area contributed by atoms with Crippen LogP contribution in [0.2, 0.25) is 0 Å². The summed E-state index contributed by atoms with van der Waals surface area (Å²) in [6.07, 6.45) is 4.28. The van der Waals surface area contributed by atoms with E-state index in [1.165, 1.54) is 28.0 Å². The Morgan fingerprint density at radius 3 is 2.38 bits per heavy atom. The van der Waals surface area contributed by atoms with E-state index in [0.717, 1.165) is 0 Å². The molecule has 1 heteroatoms. The molecule has 2 aromatic carbocycles. The summed E-state index contributed by atoms with van der Waals surface area (Å²) in [6.45, 7) is 6.13. The number of hydrogen-bond donors (Lipinski definition) is 0. The zero-order valence-corrected chi connectivity index (χ0v) is 12.6. The Kier molecular flexibility index (Phi) is 3.57. The molecule has 3 rings (SSSR count). The topological polar surface area (TPSA) is 3.01 Å². The van der Waals surface area contributed by atoms with E-state index in [1.807, 2.05) is 6.08 Å². The van der Waals surface area contributed by atoms with E-state index in [4.69, 9.17) is 0 Å². The van der Waals surface area contributed by atoms with E-state index in [2.05, 4.69) is 85.8 Å². The van der Waals surface area contributed by atoms with E-state index in [1.54, 1.807) is 0 Å². The first-order valence-corrected chi connectivity index (χ1v) is 7.27. The minimum atomic E-state index is 0.273. The van der Waals surface area contributed by atoms with Crippen LogP contribution in [-0.2, 0) is 0 Å². The lowest BCUT2D eigenvalue weighted by Gasteiger charge is -2.10. The Bertz CT molecular complexity index is 735. The summed E-state index contributed by atoms with van der Waals surface area (Å²) in [5, 5.41) is 0. The molecule has 1 nitrogen and oxygen atoms in total. The Hall–Kier alpha value is -2.41. The molecule has 1 aliphatic rings. The molecule has 21 heavy (non-hydrogen) atoms. The van der Waals surface area contributed by atoms with E-state index >= 15 is 0 Å². The van der Waals surface area contributed by atoms with Crippen molar-refractivity contribution in [2.75, 3.05) is 7.05 Å². The van der Waals surface area contributed by atoms with Gasteiger partial charge in [-0.3, -0.25) is 0 Å². The highest BCUT2D eigenvalue weighted by molar-refractivity contribution is 6.09. The SMILES string of the molecule is C=Cc1ccccc1C1C=C(C)C(c2ccccc2)=[N+]1C. The molecule has 0 radical (unpaired) electrons. The summed E-state index contributed by atoms with van der Waals surface area (Å²) in [7, 11) is 2.17. The maximum Gasteiger partial charge on any atom is 0.210 e. The van der Waals surface area contributed by atoms with Crippen LogP contribution in [0.1, 0.15) is 29.7 Å². The normalized spacial score (nSPS) is 17.8. The predicted octanol–water partition coefficient (Wildman–Crippen LogP) is 4.46. The van der Waals surface area contributed by atoms with Gasteiger partial charge in [-0.2, -0.15) is 0 Å². The maximum atomic E-state index is 3.94. The highest BCUT2D eigenvalue weighted by Crippen LogP contribution is 2.30. The van der Waals surface area contributed by atoms with Crippen molar-refractivity contribution in [3.63, 3.8) is 0 Å². The fraction of sp³-hybridized carbons (Fsp3) is 0.150. The van der Waals surface area contributed by atoms with Crippen molar-refractivity contribution in [1.82, 2.24) is 0 Å². The second-order valence-electron chi connectivity index (χ2n) is 5.45. The van der Waals surface area contributed by atoms with Crippen molar-refractivity contribution in [2.45, 2.75) is 13.0 Å². The summed E-state index contributed by atoms with van der Waals surface area (Å²) < 4.78 is 2.35. The van der Waals surface area contributed by atoms with Crippen molar-refractivity contribution in [3.8, 4) is 0 Å². The van der Waals surface area contributed by atoms with Gasteiger partial charge < -0.3 is 0 Å². The molecule has 104 valence electrons. The third-order valence-electron chi connectivity index (χ3n) is 4.13. The smallest absolute Gasteiger partial charge is 0.210 e. The second kappa shape index (κ2) is 5.53. The number of rotatable bonds is 3. The van der Waals surface area contributed by atoms with Gasteiger partial charge in [0.25, 0.3) is 0 Å². The molecule has 0 aromatic heterocycles. The van der Waals surface area contributed by atoms with Crippen LogP contribution < -0.4 is 0 Å². The Balaban J connectivity index is 2.11. The minimum absolute atomic E-state index is 0.273. The quantitative estimate of drug-likeness (QED) is 0.727. The van der Waals surface area contributed by atoms with Crippen molar-refractivity contribution < 1.29 is 4.58 Å². The summed E-state index contributed by atoms with van der Waals surface area (Å²) in [6, 6.07) is 19.3. The summed E-state index contributed by atoms with van der Waals surface area (Å²) in [5.41, 5.74) is 6.41. The molecule has 1 atom stereocenters. The number of likely N-dealkylation sites (N-methyl/N-ethyl adjacent to an activating group) is 1. The van der Waals surface area contributed by atoms with Crippen LogP contribution in [0.4, 0.5) is 0 Å². The third kappa shape index (κ3) is 2.36. The Labute approximate surface area is 126 Å². The first-order valence-electron chi connectivity index (χ1n) is 7.27. The molecule has 0 aliphatic carbocycles. The van der Waals surface area contributed by atoms with Crippen LogP contribution in [0, 0.1) is 0 Å².